The number of hydrogen-bond acceptors (Lipinski definition) is 0. The van der Waals surface area contributed by atoms with Crippen molar-refractivity contribution in [3.8, 4) is 0 Å². The average molecular weight is 190 g/mol. The lowest BCUT2D eigenvalue weighted by Gasteiger charge is -2.04. The Hall–Kier alpha value is -1.04. The monoisotopic (exact) mass is 190 g/mol. The van der Waals surface area contributed by atoms with E-state index < -0.39 is 0 Å². The second kappa shape index (κ2) is 8.55. The molecule has 0 nitrogen and oxygen atoms in total. The van der Waals surface area contributed by atoms with E-state index in [4.69, 9.17) is 0 Å². The van der Waals surface area contributed by atoms with E-state index in [1.54, 1.807) is 0 Å². The standard InChI is InChI=1S/C14H22/c1-5-9-10-12-14(8-4)13(7-3)11-6-2/h5,8-12H,6-7H2,1-4H3/b9-5-,12-10-,13-11?,14-8+. The minimum absolute atomic E-state index is 1.10. The Kier molecular flexibility index (Phi) is 7.92. The van der Waals surface area contributed by atoms with E-state index in [-0.39, 0.29) is 0 Å². The SMILES string of the molecule is C\C=C/C=C\C(=C/C)C(=CCC)CC. The zero-order valence-electron chi connectivity index (χ0n) is 9.88. The third kappa shape index (κ3) is 4.86. The molecule has 0 saturated heterocycles. The Morgan fingerprint density at radius 3 is 2.21 bits per heavy atom. The van der Waals surface area contributed by atoms with Crippen LogP contribution in [0.1, 0.15) is 40.5 Å². The summed E-state index contributed by atoms with van der Waals surface area (Å²) < 4.78 is 0. The zero-order chi connectivity index (χ0) is 10.8. The van der Waals surface area contributed by atoms with Gasteiger partial charge in [0.05, 0.1) is 0 Å². The van der Waals surface area contributed by atoms with Crippen molar-refractivity contribution in [2.24, 2.45) is 0 Å². The molecule has 0 heterocycles. The Bertz CT molecular complexity index is 249. The van der Waals surface area contributed by atoms with Gasteiger partial charge in [0.25, 0.3) is 0 Å². The maximum Gasteiger partial charge on any atom is -0.0271 e. The summed E-state index contributed by atoms with van der Waals surface area (Å²) in [6, 6.07) is 0. The van der Waals surface area contributed by atoms with Crippen molar-refractivity contribution in [2.45, 2.75) is 40.5 Å². The van der Waals surface area contributed by atoms with Crippen molar-refractivity contribution in [3.63, 3.8) is 0 Å². The normalized spacial score (nSPS) is 14.6. The van der Waals surface area contributed by atoms with E-state index in [1.165, 1.54) is 11.1 Å². The molecule has 0 aromatic rings. The van der Waals surface area contributed by atoms with Gasteiger partial charge in [-0.15, -0.1) is 0 Å². The molecular formula is C14H22. The minimum Gasteiger partial charge on any atom is -0.0877 e. The fourth-order valence-electron chi connectivity index (χ4n) is 1.37. The molecule has 0 aliphatic rings. The maximum atomic E-state index is 2.30. The van der Waals surface area contributed by atoms with Crippen molar-refractivity contribution < 1.29 is 0 Å². The molecule has 0 rings (SSSR count). The summed E-state index contributed by atoms with van der Waals surface area (Å²) >= 11 is 0. The number of allylic oxidation sites excluding steroid dienone is 8. The lowest BCUT2D eigenvalue weighted by molar-refractivity contribution is 1.08. The molecule has 0 unspecified atom stereocenters. The lowest BCUT2D eigenvalue weighted by atomic mass is 10.0. The summed E-state index contributed by atoms with van der Waals surface area (Å²) in [5, 5.41) is 0. The predicted octanol–water partition coefficient (Wildman–Crippen LogP) is 4.81. The fraction of sp³-hybridized carbons (Fsp3) is 0.429. The van der Waals surface area contributed by atoms with Gasteiger partial charge in [0.15, 0.2) is 0 Å². The van der Waals surface area contributed by atoms with Crippen molar-refractivity contribution in [2.75, 3.05) is 0 Å². The van der Waals surface area contributed by atoms with Gasteiger partial charge >= 0.3 is 0 Å². The molecule has 0 atom stereocenters. The van der Waals surface area contributed by atoms with Gasteiger partial charge in [0.1, 0.15) is 0 Å². The van der Waals surface area contributed by atoms with Crippen molar-refractivity contribution in [1.82, 2.24) is 0 Å². The number of hydrogen-bond donors (Lipinski definition) is 0. The van der Waals surface area contributed by atoms with E-state index in [1.807, 2.05) is 13.0 Å². The largest absolute Gasteiger partial charge is 0.0877 e. The first-order valence-corrected chi connectivity index (χ1v) is 5.45. The molecule has 14 heavy (non-hydrogen) atoms. The fourth-order valence-corrected chi connectivity index (χ4v) is 1.37. The number of rotatable bonds is 5. The summed E-state index contributed by atoms with van der Waals surface area (Å²) in [7, 11) is 0. The van der Waals surface area contributed by atoms with E-state index in [2.05, 4.69) is 51.2 Å². The molecule has 0 saturated carbocycles. The summed E-state index contributed by atoms with van der Waals surface area (Å²) in [6.45, 7) is 8.50. The van der Waals surface area contributed by atoms with Crippen LogP contribution in [0.3, 0.4) is 0 Å². The Labute approximate surface area is 88.7 Å². The molecular weight excluding hydrogens is 168 g/mol. The van der Waals surface area contributed by atoms with Gasteiger partial charge in [-0.05, 0) is 37.8 Å². The van der Waals surface area contributed by atoms with Crippen LogP contribution >= 0.6 is 0 Å². The highest BCUT2D eigenvalue weighted by Gasteiger charge is 1.96. The second-order valence-corrected chi connectivity index (χ2v) is 3.12. The molecule has 0 heteroatoms. The summed E-state index contributed by atoms with van der Waals surface area (Å²) in [4.78, 5) is 0. The van der Waals surface area contributed by atoms with Crippen LogP contribution in [0.25, 0.3) is 0 Å². The first-order valence-electron chi connectivity index (χ1n) is 5.45. The Balaban J connectivity index is 4.63. The summed E-state index contributed by atoms with van der Waals surface area (Å²) in [5.41, 5.74) is 2.78. The van der Waals surface area contributed by atoms with Crippen LogP contribution in [0.2, 0.25) is 0 Å². The molecule has 0 fully saturated rings. The van der Waals surface area contributed by atoms with E-state index in [0.29, 0.717) is 0 Å². The smallest absolute Gasteiger partial charge is 0.0271 e. The second-order valence-electron chi connectivity index (χ2n) is 3.12. The first-order chi connectivity index (χ1) is 6.79. The van der Waals surface area contributed by atoms with Gasteiger partial charge < -0.3 is 0 Å². The molecule has 0 aromatic heterocycles. The maximum absolute atomic E-state index is 2.30. The van der Waals surface area contributed by atoms with E-state index in [0.717, 1.165) is 12.8 Å². The third-order valence-electron chi connectivity index (χ3n) is 2.09. The molecule has 0 aliphatic heterocycles. The quantitative estimate of drug-likeness (QED) is 0.546. The van der Waals surface area contributed by atoms with Crippen LogP contribution in [0.5, 0.6) is 0 Å². The minimum atomic E-state index is 1.10. The van der Waals surface area contributed by atoms with E-state index in [9.17, 15) is 0 Å². The topological polar surface area (TPSA) is 0 Å². The van der Waals surface area contributed by atoms with Crippen LogP contribution in [0, 0.1) is 0 Å². The van der Waals surface area contributed by atoms with Gasteiger partial charge in [-0.1, -0.05) is 50.3 Å². The molecule has 0 radical (unpaired) electrons. The van der Waals surface area contributed by atoms with Crippen molar-refractivity contribution in [3.05, 3.63) is 47.6 Å². The van der Waals surface area contributed by atoms with Crippen molar-refractivity contribution in [1.29, 1.82) is 0 Å². The molecule has 0 N–H and O–H groups in total. The highest BCUT2D eigenvalue weighted by Crippen LogP contribution is 2.16. The first kappa shape index (κ1) is 13.0. The Morgan fingerprint density at radius 1 is 1.07 bits per heavy atom. The molecule has 78 valence electrons. The lowest BCUT2D eigenvalue weighted by Crippen LogP contribution is -1.84. The third-order valence-corrected chi connectivity index (χ3v) is 2.09. The van der Waals surface area contributed by atoms with Gasteiger partial charge in [0, 0.05) is 0 Å². The molecule has 0 amide bonds. The molecule has 0 aliphatic carbocycles. The molecule has 0 bridgehead atoms. The summed E-state index contributed by atoms with van der Waals surface area (Å²) in [5.74, 6) is 0. The highest BCUT2D eigenvalue weighted by atomic mass is 14.0. The predicted molar refractivity (Wildman–Crippen MR) is 66.4 cm³/mol. The van der Waals surface area contributed by atoms with Crippen LogP contribution < -0.4 is 0 Å². The van der Waals surface area contributed by atoms with E-state index >= 15 is 0 Å². The Morgan fingerprint density at radius 2 is 1.79 bits per heavy atom. The van der Waals surface area contributed by atoms with Crippen LogP contribution in [-0.2, 0) is 0 Å². The highest BCUT2D eigenvalue weighted by molar-refractivity contribution is 5.40. The summed E-state index contributed by atoms with van der Waals surface area (Å²) in [6.07, 6.45) is 15.0. The van der Waals surface area contributed by atoms with Crippen LogP contribution in [0.4, 0.5) is 0 Å². The van der Waals surface area contributed by atoms with Gasteiger partial charge in [-0.25, -0.2) is 0 Å². The van der Waals surface area contributed by atoms with Crippen LogP contribution in [-0.4, -0.2) is 0 Å². The van der Waals surface area contributed by atoms with Crippen molar-refractivity contribution >= 4 is 0 Å². The average Bonchev–Trinajstić information content (AvgIpc) is 2.22. The van der Waals surface area contributed by atoms with Gasteiger partial charge in [-0.3, -0.25) is 0 Å². The molecule has 0 spiro atoms. The zero-order valence-corrected chi connectivity index (χ0v) is 9.88. The van der Waals surface area contributed by atoms with Gasteiger partial charge in [-0.2, -0.15) is 0 Å². The molecule has 0 aromatic carbocycles. The van der Waals surface area contributed by atoms with Gasteiger partial charge in [0.2, 0.25) is 0 Å². The van der Waals surface area contributed by atoms with Crippen LogP contribution in [0.15, 0.2) is 47.6 Å².